The Morgan fingerprint density at radius 3 is 1.05 bits per heavy atom. The first-order valence-electron chi connectivity index (χ1n) is 20.0. The zero-order valence-corrected chi connectivity index (χ0v) is 30.8. The third kappa shape index (κ3) is 30.1. The van der Waals surface area contributed by atoms with Crippen LogP contribution in [0.1, 0.15) is 226 Å². The summed E-state index contributed by atoms with van der Waals surface area (Å²) in [6.07, 6.45) is 54.0. The van der Waals surface area contributed by atoms with E-state index in [2.05, 4.69) is 43.8 Å². The van der Waals surface area contributed by atoms with Gasteiger partial charge in [0.05, 0.1) is 5.92 Å². The van der Waals surface area contributed by atoms with Crippen molar-refractivity contribution >= 4 is 6.21 Å². The molecule has 0 radical (unpaired) electrons. The van der Waals surface area contributed by atoms with Crippen molar-refractivity contribution in [2.24, 2.45) is 11.8 Å². The Balaban J connectivity index is 0.0000176. The van der Waals surface area contributed by atoms with E-state index >= 15 is 0 Å². The molecule has 1 aliphatic rings. The van der Waals surface area contributed by atoms with Gasteiger partial charge in [0.15, 0.2) is 12.4 Å². The van der Waals surface area contributed by atoms with Crippen LogP contribution in [0.2, 0.25) is 0 Å². The topological polar surface area (TPSA) is 3.01 Å². The van der Waals surface area contributed by atoms with Crippen LogP contribution in [0.15, 0.2) is 12.3 Å². The molecule has 0 bridgehead atoms. The molecule has 0 aromatic carbocycles. The summed E-state index contributed by atoms with van der Waals surface area (Å²) in [5, 5.41) is 0. The summed E-state index contributed by atoms with van der Waals surface area (Å²) in [7, 11) is 0. The van der Waals surface area contributed by atoms with Crippen LogP contribution in [0.3, 0.4) is 0 Å². The quantitative estimate of drug-likeness (QED) is 0.0496. The monoisotopic (exact) mass is 622 g/mol. The van der Waals surface area contributed by atoms with E-state index in [9.17, 15) is 0 Å². The van der Waals surface area contributed by atoms with E-state index in [-0.39, 0.29) is 12.4 Å². The molecule has 1 atom stereocenters. The van der Waals surface area contributed by atoms with Crippen molar-refractivity contribution < 1.29 is 17.0 Å². The molecule has 0 fully saturated rings. The van der Waals surface area contributed by atoms with Crippen molar-refractivity contribution in [3.05, 3.63) is 12.3 Å². The predicted octanol–water partition coefficient (Wildman–Crippen LogP) is 11.4. The van der Waals surface area contributed by atoms with Crippen molar-refractivity contribution in [3.8, 4) is 0 Å². The molecule has 43 heavy (non-hydrogen) atoms. The van der Waals surface area contributed by atoms with Gasteiger partial charge in [-0.25, -0.2) is 4.58 Å². The van der Waals surface area contributed by atoms with Crippen LogP contribution in [-0.2, 0) is 0 Å². The van der Waals surface area contributed by atoms with Crippen molar-refractivity contribution in [1.29, 1.82) is 0 Å². The van der Waals surface area contributed by atoms with Crippen LogP contribution >= 0.6 is 0 Å². The minimum Gasteiger partial charge on any atom is -1.00 e. The van der Waals surface area contributed by atoms with Gasteiger partial charge in [-0.1, -0.05) is 206 Å². The van der Waals surface area contributed by atoms with E-state index in [0.717, 1.165) is 5.92 Å². The van der Waals surface area contributed by atoms with Gasteiger partial charge in [-0.2, -0.15) is 0 Å². The van der Waals surface area contributed by atoms with Crippen LogP contribution < -0.4 is 12.4 Å². The van der Waals surface area contributed by atoms with Gasteiger partial charge < -0.3 is 12.4 Å². The lowest BCUT2D eigenvalue weighted by Crippen LogP contribution is -3.00. The Morgan fingerprint density at radius 2 is 0.744 bits per heavy atom. The van der Waals surface area contributed by atoms with Crippen LogP contribution in [0.25, 0.3) is 0 Å². The molecule has 0 aromatic rings. The van der Waals surface area contributed by atoms with Gasteiger partial charge >= 0.3 is 0 Å². The molecule has 1 heterocycles. The summed E-state index contributed by atoms with van der Waals surface area (Å²) in [4.78, 5) is 0. The molecular formula is C41H80ClN. The lowest BCUT2D eigenvalue weighted by atomic mass is 9.90. The zero-order valence-electron chi connectivity index (χ0n) is 30.0. The number of allylic oxidation sites excluding steroid dienone is 1. The maximum absolute atomic E-state index is 2.45. The maximum atomic E-state index is 2.45. The average Bonchev–Trinajstić information content (AvgIpc) is 3.41. The van der Waals surface area contributed by atoms with Gasteiger partial charge in [-0.05, 0) is 25.3 Å². The Labute approximate surface area is 279 Å². The number of nitrogens with zero attached hydrogens (tertiary/aromatic N) is 1. The summed E-state index contributed by atoms with van der Waals surface area (Å²) in [5.74, 6) is 1.61. The number of halogens is 1. The highest BCUT2D eigenvalue weighted by molar-refractivity contribution is 5.59. The minimum absolute atomic E-state index is 0. The van der Waals surface area contributed by atoms with Crippen LogP contribution in [-0.4, -0.2) is 17.3 Å². The normalized spacial score (nSPS) is 14.5. The van der Waals surface area contributed by atoms with Crippen molar-refractivity contribution in [2.45, 2.75) is 226 Å². The summed E-state index contributed by atoms with van der Waals surface area (Å²) in [6, 6.07) is 0. The van der Waals surface area contributed by atoms with Crippen LogP contribution in [0, 0.1) is 11.8 Å². The number of hydrogen-bond acceptors (Lipinski definition) is 0. The molecule has 0 aliphatic carbocycles. The fourth-order valence-electron chi connectivity index (χ4n) is 7.05. The lowest BCUT2D eigenvalue weighted by Gasteiger charge is -2.16. The molecular weight excluding hydrogens is 542 g/mol. The number of rotatable bonds is 34. The Hall–Kier alpha value is -0.300. The van der Waals surface area contributed by atoms with E-state index < -0.39 is 0 Å². The highest BCUT2D eigenvalue weighted by Gasteiger charge is 2.14. The molecule has 1 rings (SSSR count). The van der Waals surface area contributed by atoms with Gasteiger partial charge in [0, 0.05) is 6.42 Å². The second-order valence-corrected chi connectivity index (χ2v) is 14.4. The Bertz CT molecular complexity index is 565. The summed E-state index contributed by atoms with van der Waals surface area (Å²) in [5.41, 5.74) is 0. The molecule has 1 nitrogen and oxygen atoms in total. The first-order chi connectivity index (χ1) is 20.8. The molecule has 256 valence electrons. The highest BCUT2D eigenvalue weighted by Crippen LogP contribution is 2.24. The third-order valence-electron chi connectivity index (χ3n) is 9.97. The van der Waals surface area contributed by atoms with Crippen LogP contribution in [0.4, 0.5) is 0 Å². The zero-order chi connectivity index (χ0) is 30.2. The number of unbranched alkanes of at least 4 members (excludes halogenated alkanes) is 26. The second kappa shape index (κ2) is 34.6. The van der Waals surface area contributed by atoms with Gasteiger partial charge in [0.25, 0.3) is 0 Å². The van der Waals surface area contributed by atoms with E-state index in [4.69, 9.17) is 0 Å². The molecule has 1 unspecified atom stereocenters. The summed E-state index contributed by atoms with van der Waals surface area (Å²) >= 11 is 0. The molecule has 0 saturated heterocycles. The van der Waals surface area contributed by atoms with E-state index in [0.29, 0.717) is 5.92 Å². The van der Waals surface area contributed by atoms with Crippen molar-refractivity contribution in [2.75, 3.05) is 6.54 Å². The first kappa shape index (κ1) is 42.7. The van der Waals surface area contributed by atoms with Crippen molar-refractivity contribution in [3.63, 3.8) is 0 Å². The standard InChI is InChI=1S/C41H80N.ClH/c1-4-6-8-10-12-14-16-18-20-22-24-26-28-30-33-41(35-32-37-42-38-36-40(3)39-42)34-31-29-27-25-23-21-19-17-15-13-11-9-7-5-2;/h36,38-41H,4-35,37H2,1-3H3;1H/q+1;/p-1. The SMILES string of the molecule is CCCCCCCCCCCCCCCCC(CCCCCCCCCCCCCCCC)CCC[N+]1=CC(C)C=C1.[Cl-]. The van der Waals surface area contributed by atoms with Crippen molar-refractivity contribution in [1.82, 2.24) is 0 Å². The molecule has 0 N–H and O–H groups in total. The first-order valence-corrected chi connectivity index (χ1v) is 20.0. The van der Waals surface area contributed by atoms with E-state index in [1.807, 2.05) is 0 Å². The second-order valence-electron chi connectivity index (χ2n) is 14.4. The largest absolute Gasteiger partial charge is 1.00 e. The lowest BCUT2D eigenvalue weighted by molar-refractivity contribution is -0.450. The van der Waals surface area contributed by atoms with Gasteiger partial charge in [0.1, 0.15) is 6.54 Å². The maximum Gasteiger partial charge on any atom is 0.165 e. The molecule has 1 aliphatic heterocycles. The molecule has 0 aromatic heterocycles. The third-order valence-corrected chi connectivity index (χ3v) is 9.97. The molecule has 0 spiro atoms. The molecule has 2 heteroatoms. The van der Waals surface area contributed by atoms with Gasteiger partial charge in [-0.15, -0.1) is 0 Å². The Kier molecular flexibility index (Phi) is 34.3. The van der Waals surface area contributed by atoms with Gasteiger partial charge in [-0.3, -0.25) is 0 Å². The fraction of sp³-hybridized carbons (Fsp3) is 0.927. The Morgan fingerprint density at radius 1 is 0.442 bits per heavy atom. The van der Waals surface area contributed by atoms with Crippen LogP contribution in [0.5, 0.6) is 0 Å². The fourth-order valence-corrected chi connectivity index (χ4v) is 7.05. The van der Waals surface area contributed by atoms with Gasteiger partial charge in [0.2, 0.25) is 0 Å². The molecule has 0 amide bonds. The number of hydrogen-bond donors (Lipinski definition) is 0. The smallest absolute Gasteiger partial charge is 0.165 e. The predicted molar refractivity (Wildman–Crippen MR) is 192 cm³/mol. The summed E-state index contributed by atoms with van der Waals surface area (Å²) < 4.78 is 2.45. The minimum atomic E-state index is 0. The summed E-state index contributed by atoms with van der Waals surface area (Å²) in [6.45, 7) is 8.15. The van der Waals surface area contributed by atoms with E-state index in [1.54, 1.807) is 0 Å². The highest BCUT2D eigenvalue weighted by atomic mass is 35.5. The molecule has 0 saturated carbocycles. The average molecular weight is 623 g/mol. The van der Waals surface area contributed by atoms with E-state index in [1.165, 1.54) is 212 Å².